The largest absolute Gasteiger partial charge is 0.438 e. The Kier molecular flexibility index (Phi) is 8.66. The van der Waals surface area contributed by atoms with Gasteiger partial charge in [-0.15, -0.1) is 0 Å². The number of urea groups is 1. The minimum atomic E-state index is -0.799. The molecule has 3 amide bonds. The highest BCUT2D eigenvalue weighted by Crippen LogP contribution is 2.56. The number of benzene rings is 3. The van der Waals surface area contributed by atoms with Crippen molar-refractivity contribution < 1.29 is 14.1 Å². The first-order chi connectivity index (χ1) is 30.4. The van der Waals surface area contributed by atoms with Gasteiger partial charge in [-0.3, -0.25) is 33.8 Å². The van der Waals surface area contributed by atoms with Crippen LogP contribution in [0.3, 0.4) is 0 Å². The molecule has 1 saturated carbocycles. The maximum Gasteiger partial charge on any atom is 0.438 e. The Balaban J connectivity index is 1.01. The van der Waals surface area contributed by atoms with Crippen molar-refractivity contribution in [3.8, 4) is 16.8 Å². The Morgan fingerprint density at radius 2 is 1.68 bits per heavy atom. The summed E-state index contributed by atoms with van der Waals surface area (Å²) in [4.78, 5) is 55.4. The number of H-pyrrole nitrogens is 1. The Morgan fingerprint density at radius 1 is 0.905 bits per heavy atom. The monoisotopic (exact) mass is 841 g/mol. The van der Waals surface area contributed by atoms with E-state index in [0.717, 1.165) is 84.4 Å². The quantitative estimate of drug-likeness (QED) is 0.166. The van der Waals surface area contributed by atoms with Gasteiger partial charge in [0, 0.05) is 72.5 Å². The van der Waals surface area contributed by atoms with Crippen LogP contribution in [0.2, 0.25) is 0 Å². The first kappa shape index (κ1) is 38.6. The van der Waals surface area contributed by atoms with Gasteiger partial charge >= 0.3 is 11.8 Å². The SMILES string of the molecule is CCc1nccc(-c2ccc3c(c2)cc(C(=O)N2CCc4nn(-c5cc(C)cc(C)c5)c(N5CCN(c6ccc7c(cnn7C)c6)C5=O)c4C2)n3[C@@]2(c3noc(=O)[nH]3)C[C@@H]2C)c1C. The Morgan fingerprint density at radius 3 is 2.43 bits per heavy atom. The van der Waals surface area contributed by atoms with Crippen molar-refractivity contribution >= 4 is 45.2 Å². The van der Waals surface area contributed by atoms with Crippen molar-refractivity contribution in [2.24, 2.45) is 13.0 Å². The lowest BCUT2D eigenvalue weighted by molar-refractivity contribution is 0.0721. The van der Waals surface area contributed by atoms with Gasteiger partial charge in [-0.2, -0.15) is 10.2 Å². The van der Waals surface area contributed by atoms with Gasteiger partial charge in [0.1, 0.15) is 17.1 Å². The summed E-state index contributed by atoms with van der Waals surface area (Å²) in [6, 6.07) is 22.4. The number of aryl methyl sites for hydroxylation is 4. The first-order valence-electron chi connectivity index (χ1n) is 21.6. The Bertz CT molecular complexity index is 3240. The van der Waals surface area contributed by atoms with Crippen molar-refractivity contribution in [1.82, 2.24) is 44.2 Å². The van der Waals surface area contributed by atoms with Crippen LogP contribution in [0.5, 0.6) is 0 Å². The third-order valence-corrected chi connectivity index (χ3v) is 13.5. The Labute approximate surface area is 362 Å². The number of amides is 3. The molecule has 1 saturated heterocycles. The second-order valence-corrected chi connectivity index (χ2v) is 17.5. The molecule has 7 heterocycles. The Hall–Kier alpha value is -7.29. The highest BCUT2D eigenvalue weighted by Gasteiger charge is 2.59. The first-order valence-corrected chi connectivity index (χ1v) is 21.6. The fourth-order valence-electron chi connectivity index (χ4n) is 10.3. The van der Waals surface area contributed by atoms with Crippen molar-refractivity contribution in [2.75, 3.05) is 29.4 Å². The smallest absolute Gasteiger partial charge is 0.332 e. The molecule has 2 atom stereocenters. The van der Waals surface area contributed by atoms with Crippen LogP contribution in [-0.2, 0) is 32.0 Å². The van der Waals surface area contributed by atoms with Gasteiger partial charge in [0.25, 0.3) is 5.91 Å². The fourth-order valence-corrected chi connectivity index (χ4v) is 10.3. The molecule has 0 bridgehead atoms. The zero-order chi connectivity index (χ0) is 43.5. The molecule has 8 aromatic rings. The maximum absolute atomic E-state index is 15.4. The van der Waals surface area contributed by atoms with E-state index in [9.17, 15) is 9.59 Å². The van der Waals surface area contributed by atoms with Gasteiger partial charge in [0.2, 0.25) is 0 Å². The predicted molar refractivity (Wildman–Crippen MR) is 240 cm³/mol. The average Bonchev–Trinajstić information content (AvgIpc) is 3.89. The summed E-state index contributed by atoms with van der Waals surface area (Å²) >= 11 is 0. The van der Waals surface area contributed by atoms with E-state index in [-0.39, 0.29) is 24.4 Å². The zero-order valence-corrected chi connectivity index (χ0v) is 36.1. The van der Waals surface area contributed by atoms with E-state index >= 15 is 4.79 Å². The van der Waals surface area contributed by atoms with Gasteiger partial charge in [-0.05, 0) is 122 Å². The van der Waals surface area contributed by atoms with Gasteiger partial charge in [0.15, 0.2) is 5.82 Å². The number of anilines is 2. The summed E-state index contributed by atoms with van der Waals surface area (Å²) in [5.74, 6) is 0.304. The summed E-state index contributed by atoms with van der Waals surface area (Å²) < 4.78 is 10.9. The summed E-state index contributed by atoms with van der Waals surface area (Å²) in [5.41, 5.74) is 11.3. The second-order valence-electron chi connectivity index (χ2n) is 17.5. The van der Waals surface area contributed by atoms with E-state index in [0.29, 0.717) is 49.8 Å². The van der Waals surface area contributed by atoms with E-state index in [1.165, 1.54) is 0 Å². The standard InChI is InChI=1S/C48H47N11O4/c1-7-38-30(5)36(12-14-49-38)31-8-10-41-32(21-31)23-42(58(41)48(24-29(48)4)45-51-46(61)63-53-45)44(60)55-15-13-39-37(26-55)43(59(52-39)35-19-27(2)18-28(3)20-35)57-17-16-56(47(57)62)34-9-11-40-33(22-34)25-50-54(40)6/h8-12,14,18-23,25,29H,7,13,15-17,24,26H2,1-6H3,(H,51,53,61)/t29-,48-/m0/s1. The summed E-state index contributed by atoms with van der Waals surface area (Å²) in [6.07, 6.45) is 5.64. The van der Waals surface area contributed by atoms with Gasteiger partial charge in [-0.1, -0.05) is 31.1 Å². The van der Waals surface area contributed by atoms with E-state index in [1.54, 1.807) is 4.90 Å². The van der Waals surface area contributed by atoms with Crippen molar-refractivity contribution in [1.29, 1.82) is 0 Å². The number of carbonyl (C=O) groups is 2. The molecule has 3 aromatic carbocycles. The molecule has 15 nitrogen and oxygen atoms in total. The van der Waals surface area contributed by atoms with Gasteiger partial charge in [0.05, 0.1) is 29.6 Å². The summed E-state index contributed by atoms with van der Waals surface area (Å²) in [5, 5.41) is 15.6. The second kappa shape index (κ2) is 14.1. The fraction of sp³-hybridized carbons (Fsp3) is 0.312. The van der Waals surface area contributed by atoms with E-state index < -0.39 is 11.3 Å². The molecule has 0 unspecified atom stereocenters. The normalized spacial score (nSPS) is 18.6. The number of nitrogens with one attached hydrogen (secondary N) is 1. The minimum Gasteiger partial charge on any atom is -0.332 e. The number of carbonyl (C=O) groups excluding carboxylic acids is 2. The maximum atomic E-state index is 15.4. The highest BCUT2D eigenvalue weighted by molar-refractivity contribution is 6.07. The molecule has 2 aliphatic heterocycles. The number of aromatic amines is 1. The molecule has 63 heavy (non-hydrogen) atoms. The molecule has 318 valence electrons. The molecule has 15 heteroatoms. The third kappa shape index (κ3) is 5.96. The number of nitrogens with zero attached hydrogens (tertiary/aromatic N) is 10. The molecule has 0 radical (unpaired) electrons. The number of rotatable bonds is 8. The third-order valence-electron chi connectivity index (χ3n) is 13.5. The number of fused-ring (bicyclic) bond motifs is 3. The van der Waals surface area contributed by atoms with Crippen LogP contribution in [0.15, 0.2) is 88.4 Å². The zero-order valence-electron chi connectivity index (χ0n) is 36.1. The van der Waals surface area contributed by atoms with Crippen LogP contribution in [0.4, 0.5) is 16.3 Å². The lowest BCUT2D eigenvalue weighted by Crippen LogP contribution is -2.39. The molecule has 1 N–H and O–H groups in total. The molecule has 3 aliphatic rings. The molecule has 2 fully saturated rings. The minimum absolute atomic E-state index is 0.0493. The lowest BCUT2D eigenvalue weighted by atomic mass is 9.98. The van der Waals surface area contributed by atoms with Crippen LogP contribution in [0.25, 0.3) is 38.6 Å². The van der Waals surface area contributed by atoms with Gasteiger partial charge in [-0.25, -0.2) is 14.3 Å². The molecule has 5 aromatic heterocycles. The molecule has 11 rings (SSSR count). The highest BCUT2D eigenvalue weighted by atomic mass is 16.5. The van der Waals surface area contributed by atoms with Crippen LogP contribution in [0.1, 0.15) is 70.2 Å². The van der Waals surface area contributed by atoms with Crippen molar-refractivity contribution in [3.05, 3.63) is 135 Å². The molecular weight excluding hydrogens is 795 g/mol. The van der Waals surface area contributed by atoms with E-state index in [1.807, 2.05) is 68.9 Å². The van der Waals surface area contributed by atoms with Crippen molar-refractivity contribution in [3.63, 3.8) is 0 Å². The molecular formula is C48H47N11O4. The number of pyridine rings is 1. The van der Waals surface area contributed by atoms with E-state index in [2.05, 4.69) is 95.8 Å². The number of hydrogen-bond acceptors (Lipinski definition) is 8. The molecule has 0 spiro atoms. The predicted octanol–water partition coefficient (Wildman–Crippen LogP) is 7.37. The topological polar surface area (TPSA) is 156 Å². The average molecular weight is 842 g/mol. The van der Waals surface area contributed by atoms with E-state index in [4.69, 9.17) is 9.62 Å². The van der Waals surface area contributed by atoms with Gasteiger partial charge < -0.3 is 9.47 Å². The summed E-state index contributed by atoms with van der Waals surface area (Å²) in [6.45, 7) is 12.0. The lowest BCUT2D eigenvalue weighted by Gasteiger charge is -2.30. The number of aromatic nitrogens is 8. The van der Waals surface area contributed by atoms with Crippen LogP contribution < -0.4 is 15.6 Å². The van der Waals surface area contributed by atoms with Crippen LogP contribution in [-0.4, -0.2) is 75.7 Å². The number of hydrogen-bond donors (Lipinski definition) is 1. The van der Waals surface area contributed by atoms with Crippen molar-refractivity contribution in [2.45, 2.75) is 66.0 Å². The molecule has 1 aliphatic carbocycles. The summed E-state index contributed by atoms with van der Waals surface area (Å²) in [7, 11) is 1.90. The van der Waals surface area contributed by atoms with Crippen LogP contribution >= 0.6 is 0 Å². The van der Waals surface area contributed by atoms with Crippen LogP contribution in [0, 0.1) is 26.7 Å².